The number of hydrogen-bond acceptors (Lipinski definition) is 3. The molecule has 0 aliphatic carbocycles. The SMILES string of the molecule is Cc1ccc(N=Nc2c(O)[nH]c3c(F)cc(F)cc23)c(C)c1. The zero-order chi connectivity index (χ0) is 15.9. The highest BCUT2D eigenvalue weighted by Gasteiger charge is 2.15. The highest BCUT2D eigenvalue weighted by atomic mass is 19.1. The van der Waals surface area contributed by atoms with Gasteiger partial charge in [-0.25, -0.2) is 8.78 Å². The van der Waals surface area contributed by atoms with E-state index in [2.05, 4.69) is 15.2 Å². The molecule has 0 radical (unpaired) electrons. The summed E-state index contributed by atoms with van der Waals surface area (Å²) in [6.07, 6.45) is 0. The van der Waals surface area contributed by atoms with Gasteiger partial charge in [0, 0.05) is 11.5 Å². The van der Waals surface area contributed by atoms with Crippen molar-refractivity contribution in [3.8, 4) is 5.88 Å². The Morgan fingerprint density at radius 1 is 1.05 bits per heavy atom. The molecular weight excluding hydrogens is 288 g/mol. The summed E-state index contributed by atoms with van der Waals surface area (Å²) >= 11 is 0. The molecule has 0 unspecified atom stereocenters. The number of hydrogen-bond donors (Lipinski definition) is 2. The Hall–Kier alpha value is -2.76. The summed E-state index contributed by atoms with van der Waals surface area (Å²) in [7, 11) is 0. The van der Waals surface area contributed by atoms with Crippen LogP contribution in [0.2, 0.25) is 0 Å². The van der Waals surface area contributed by atoms with Gasteiger partial charge in [-0.05, 0) is 31.5 Å². The summed E-state index contributed by atoms with van der Waals surface area (Å²) in [6, 6.07) is 7.47. The molecule has 1 aromatic heterocycles. The van der Waals surface area contributed by atoms with E-state index in [9.17, 15) is 13.9 Å². The number of rotatable bonds is 2. The first-order valence-corrected chi connectivity index (χ1v) is 6.64. The molecule has 4 nitrogen and oxygen atoms in total. The third-order valence-corrected chi connectivity index (χ3v) is 3.39. The lowest BCUT2D eigenvalue weighted by Gasteiger charge is -2.00. The number of fused-ring (bicyclic) bond motifs is 1. The van der Waals surface area contributed by atoms with Gasteiger partial charge in [-0.1, -0.05) is 17.7 Å². The molecule has 3 aromatic rings. The zero-order valence-corrected chi connectivity index (χ0v) is 12.0. The second-order valence-corrected chi connectivity index (χ2v) is 5.12. The minimum absolute atomic E-state index is 0.00604. The van der Waals surface area contributed by atoms with Crippen molar-refractivity contribution in [1.29, 1.82) is 0 Å². The molecule has 0 atom stereocenters. The molecule has 0 amide bonds. The molecule has 0 aliphatic rings. The molecule has 2 N–H and O–H groups in total. The number of halogens is 2. The van der Waals surface area contributed by atoms with Gasteiger partial charge in [-0.2, -0.15) is 5.11 Å². The lowest BCUT2D eigenvalue weighted by molar-refractivity contribution is 0.459. The lowest BCUT2D eigenvalue weighted by atomic mass is 10.1. The average molecular weight is 301 g/mol. The van der Waals surface area contributed by atoms with Crippen molar-refractivity contribution >= 4 is 22.3 Å². The molecule has 3 rings (SSSR count). The van der Waals surface area contributed by atoms with Crippen molar-refractivity contribution in [2.75, 3.05) is 0 Å². The van der Waals surface area contributed by atoms with E-state index < -0.39 is 11.6 Å². The van der Waals surface area contributed by atoms with Crippen LogP contribution in [0, 0.1) is 25.5 Å². The van der Waals surface area contributed by atoms with Crippen LogP contribution < -0.4 is 0 Å². The number of azo groups is 1. The quantitative estimate of drug-likeness (QED) is 0.629. The predicted octanol–water partition coefficient (Wildman–Crippen LogP) is 5.18. The van der Waals surface area contributed by atoms with Crippen molar-refractivity contribution in [1.82, 2.24) is 4.98 Å². The van der Waals surface area contributed by atoms with Crippen LogP contribution in [0.5, 0.6) is 5.88 Å². The predicted molar refractivity (Wildman–Crippen MR) is 80.0 cm³/mol. The fourth-order valence-electron chi connectivity index (χ4n) is 2.32. The molecule has 0 bridgehead atoms. The molecule has 0 saturated carbocycles. The summed E-state index contributed by atoms with van der Waals surface area (Å²) in [5.74, 6) is -1.89. The molecule has 0 fully saturated rings. The van der Waals surface area contributed by atoms with Gasteiger partial charge in [0.2, 0.25) is 5.88 Å². The number of aryl methyl sites for hydroxylation is 2. The van der Waals surface area contributed by atoms with E-state index >= 15 is 0 Å². The van der Waals surface area contributed by atoms with Crippen LogP contribution >= 0.6 is 0 Å². The first-order chi connectivity index (χ1) is 10.5. The standard InChI is InChI=1S/C16H13F2N3O/c1-8-3-4-13(9(2)5-8)20-21-15-11-6-10(17)7-12(18)14(11)19-16(15)22/h3-7,19,22H,1-2H3. The van der Waals surface area contributed by atoms with Crippen LogP contribution in [0.1, 0.15) is 11.1 Å². The maximum Gasteiger partial charge on any atom is 0.218 e. The molecule has 112 valence electrons. The Morgan fingerprint density at radius 2 is 1.82 bits per heavy atom. The molecule has 6 heteroatoms. The van der Waals surface area contributed by atoms with Gasteiger partial charge in [0.1, 0.15) is 11.6 Å². The number of benzene rings is 2. The maximum atomic E-state index is 13.7. The topological polar surface area (TPSA) is 60.7 Å². The fraction of sp³-hybridized carbons (Fsp3) is 0.125. The van der Waals surface area contributed by atoms with E-state index in [1.807, 2.05) is 26.0 Å². The first kappa shape index (κ1) is 14.2. The summed E-state index contributed by atoms with van der Waals surface area (Å²) in [5, 5.41) is 18.0. The van der Waals surface area contributed by atoms with Crippen molar-refractivity contribution in [2.24, 2.45) is 10.2 Å². The second kappa shape index (κ2) is 5.22. The fourth-order valence-corrected chi connectivity index (χ4v) is 2.32. The Balaban J connectivity index is 2.10. The highest BCUT2D eigenvalue weighted by Crippen LogP contribution is 2.38. The highest BCUT2D eigenvalue weighted by molar-refractivity contribution is 5.94. The molecule has 0 aliphatic heterocycles. The number of nitrogens with zero attached hydrogens (tertiary/aromatic N) is 2. The van der Waals surface area contributed by atoms with E-state index in [1.165, 1.54) is 0 Å². The maximum absolute atomic E-state index is 13.7. The summed E-state index contributed by atoms with van der Waals surface area (Å²) in [6.45, 7) is 3.85. The van der Waals surface area contributed by atoms with Crippen LogP contribution in [-0.4, -0.2) is 10.1 Å². The van der Waals surface area contributed by atoms with E-state index in [1.54, 1.807) is 6.07 Å². The third kappa shape index (κ3) is 2.43. The van der Waals surface area contributed by atoms with Gasteiger partial charge in [0.05, 0.1) is 11.2 Å². The largest absolute Gasteiger partial charge is 0.493 e. The van der Waals surface area contributed by atoms with Crippen molar-refractivity contribution in [2.45, 2.75) is 13.8 Å². The number of aromatic amines is 1. The summed E-state index contributed by atoms with van der Waals surface area (Å²) < 4.78 is 27.0. The van der Waals surface area contributed by atoms with Crippen LogP contribution in [0.4, 0.5) is 20.2 Å². The van der Waals surface area contributed by atoms with Gasteiger partial charge >= 0.3 is 0 Å². The molecule has 0 saturated heterocycles. The number of H-pyrrole nitrogens is 1. The van der Waals surface area contributed by atoms with Gasteiger partial charge in [-0.15, -0.1) is 5.11 Å². The number of nitrogens with one attached hydrogen (secondary N) is 1. The molecule has 0 spiro atoms. The minimum atomic E-state index is -0.793. The van der Waals surface area contributed by atoms with E-state index in [-0.39, 0.29) is 22.5 Å². The number of aromatic hydroxyl groups is 1. The van der Waals surface area contributed by atoms with E-state index in [4.69, 9.17) is 0 Å². The third-order valence-electron chi connectivity index (χ3n) is 3.39. The van der Waals surface area contributed by atoms with Crippen molar-refractivity contribution < 1.29 is 13.9 Å². The van der Waals surface area contributed by atoms with Gasteiger partial charge < -0.3 is 10.1 Å². The van der Waals surface area contributed by atoms with Crippen molar-refractivity contribution in [3.05, 3.63) is 53.1 Å². The Bertz CT molecular complexity index is 900. The van der Waals surface area contributed by atoms with E-state index in [0.29, 0.717) is 5.69 Å². The van der Waals surface area contributed by atoms with Gasteiger partial charge in [0.15, 0.2) is 5.69 Å². The molecule has 22 heavy (non-hydrogen) atoms. The minimum Gasteiger partial charge on any atom is -0.493 e. The monoisotopic (exact) mass is 301 g/mol. The Labute approximate surface area is 125 Å². The Kier molecular flexibility index (Phi) is 3.36. The van der Waals surface area contributed by atoms with Crippen LogP contribution in [-0.2, 0) is 0 Å². The zero-order valence-electron chi connectivity index (χ0n) is 12.0. The second-order valence-electron chi connectivity index (χ2n) is 5.12. The number of aromatic nitrogens is 1. The lowest BCUT2D eigenvalue weighted by Crippen LogP contribution is -1.80. The molecule has 1 heterocycles. The normalized spacial score (nSPS) is 11.6. The summed E-state index contributed by atoms with van der Waals surface area (Å²) in [5.41, 5.74) is 2.63. The van der Waals surface area contributed by atoms with Crippen LogP contribution in [0.3, 0.4) is 0 Å². The van der Waals surface area contributed by atoms with Gasteiger partial charge in [-0.3, -0.25) is 0 Å². The smallest absolute Gasteiger partial charge is 0.218 e. The van der Waals surface area contributed by atoms with Crippen molar-refractivity contribution in [3.63, 3.8) is 0 Å². The van der Waals surface area contributed by atoms with E-state index in [0.717, 1.165) is 23.3 Å². The Morgan fingerprint density at radius 3 is 2.55 bits per heavy atom. The van der Waals surface area contributed by atoms with Gasteiger partial charge in [0.25, 0.3) is 0 Å². The van der Waals surface area contributed by atoms with Crippen LogP contribution in [0.15, 0.2) is 40.6 Å². The molecular formula is C16H13F2N3O. The van der Waals surface area contributed by atoms with Crippen LogP contribution in [0.25, 0.3) is 10.9 Å². The first-order valence-electron chi connectivity index (χ1n) is 6.64. The average Bonchev–Trinajstić information content (AvgIpc) is 2.75. The summed E-state index contributed by atoms with van der Waals surface area (Å²) in [4.78, 5) is 2.44. The molecule has 2 aromatic carbocycles.